The zero-order valence-corrected chi connectivity index (χ0v) is 14.2. The van der Waals surface area contributed by atoms with E-state index in [0.717, 1.165) is 16.6 Å². The lowest BCUT2D eigenvalue weighted by molar-refractivity contribution is -0.136. The van der Waals surface area contributed by atoms with Crippen LogP contribution in [-0.4, -0.2) is 17.0 Å². The second-order valence-electron chi connectivity index (χ2n) is 4.84. The number of hydrogen-bond acceptors (Lipinski definition) is 3. The monoisotopic (exact) mass is 381 g/mol. The Kier molecular flexibility index (Phi) is 6.15. The molecule has 1 aromatic carbocycles. The normalized spacial score (nSPS) is 10.4. The first-order valence-corrected chi connectivity index (χ1v) is 8.49. The van der Waals surface area contributed by atoms with Crippen molar-refractivity contribution >= 4 is 44.8 Å². The van der Waals surface area contributed by atoms with Gasteiger partial charge >= 0.3 is 5.97 Å². The maximum Gasteiger partial charge on any atom is 0.307 e. The van der Waals surface area contributed by atoms with Crippen LogP contribution in [0.25, 0.3) is 0 Å². The van der Waals surface area contributed by atoms with Crippen molar-refractivity contribution in [2.24, 2.45) is 0 Å². The number of aryl methyl sites for hydroxylation is 1. The van der Waals surface area contributed by atoms with Gasteiger partial charge in [0.1, 0.15) is 0 Å². The third-order valence-electron chi connectivity index (χ3n) is 3.09. The zero-order chi connectivity index (χ0) is 15.9. The number of carbonyl (C=O) groups is 2. The average Bonchev–Trinajstić information content (AvgIpc) is 2.86. The van der Waals surface area contributed by atoms with Crippen molar-refractivity contribution in [2.75, 3.05) is 5.32 Å². The van der Waals surface area contributed by atoms with Gasteiger partial charge in [-0.15, -0.1) is 11.3 Å². The zero-order valence-electron chi connectivity index (χ0n) is 11.8. The molecule has 0 unspecified atom stereocenters. The predicted molar refractivity (Wildman–Crippen MR) is 91.4 cm³/mol. The SMILES string of the molecule is O=C(O)Cc1ccccc1NC(=O)CCCc1ccc(Br)s1. The van der Waals surface area contributed by atoms with Gasteiger partial charge in [0.05, 0.1) is 10.2 Å². The van der Waals surface area contributed by atoms with Gasteiger partial charge < -0.3 is 10.4 Å². The lowest BCUT2D eigenvalue weighted by atomic mass is 10.1. The Hall–Kier alpha value is -1.66. The summed E-state index contributed by atoms with van der Waals surface area (Å²) in [7, 11) is 0. The third kappa shape index (κ3) is 5.27. The van der Waals surface area contributed by atoms with E-state index in [9.17, 15) is 9.59 Å². The number of benzene rings is 1. The summed E-state index contributed by atoms with van der Waals surface area (Å²) in [6, 6.07) is 11.0. The summed E-state index contributed by atoms with van der Waals surface area (Å²) in [4.78, 5) is 24.0. The van der Waals surface area contributed by atoms with Crippen molar-refractivity contribution in [3.63, 3.8) is 0 Å². The standard InChI is InChI=1S/C16H16BrNO3S/c17-14-9-8-12(22-14)5-3-7-15(19)18-13-6-2-1-4-11(13)10-16(20)21/h1-2,4,6,8-9H,3,5,7,10H2,(H,18,19)(H,20,21). The van der Waals surface area contributed by atoms with E-state index < -0.39 is 5.97 Å². The van der Waals surface area contributed by atoms with E-state index in [4.69, 9.17) is 5.11 Å². The Labute approximate surface area is 141 Å². The first-order chi connectivity index (χ1) is 10.5. The van der Waals surface area contributed by atoms with E-state index in [2.05, 4.69) is 27.3 Å². The van der Waals surface area contributed by atoms with Crippen LogP contribution in [0.4, 0.5) is 5.69 Å². The van der Waals surface area contributed by atoms with Gasteiger partial charge in [0.15, 0.2) is 0 Å². The summed E-state index contributed by atoms with van der Waals surface area (Å²) in [5.41, 5.74) is 1.19. The van der Waals surface area contributed by atoms with Gasteiger partial charge in [-0.25, -0.2) is 0 Å². The van der Waals surface area contributed by atoms with E-state index in [1.54, 1.807) is 35.6 Å². The molecule has 0 bridgehead atoms. The molecule has 4 nitrogen and oxygen atoms in total. The van der Waals surface area contributed by atoms with E-state index in [1.807, 2.05) is 6.07 Å². The molecule has 0 atom stereocenters. The number of amides is 1. The molecule has 2 aromatic rings. The second-order valence-corrected chi connectivity index (χ2v) is 7.38. The first-order valence-electron chi connectivity index (χ1n) is 6.88. The largest absolute Gasteiger partial charge is 0.481 e. The smallest absolute Gasteiger partial charge is 0.307 e. The summed E-state index contributed by atoms with van der Waals surface area (Å²) < 4.78 is 1.09. The Morgan fingerprint density at radius 3 is 2.64 bits per heavy atom. The van der Waals surface area contributed by atoms with E-state index in [-0.39, 0.29) is 12.3 Å². The van der Waals surface area contributed by atoms with Crippen molar-refractivity contribution in [3.8, 4) is 0 Å². The Morgan fingerprint density at radius 1 is 1.18 bits per heavy atom. The first kappa shape index (κ1) is 16.7. The fraction of sp³-hybridized carbons (Fsp3) is 0.250. The van der Waals surface area contributed by atoms with Crippen LogP contribution in [0.5, 0.6) is 0 Å². The summed E-state index contributed by atoms with van der Waals surface area (Å²) in [6.07, 6.45) is 1.94. The number of aliphatic carboxylic acids is 1. The Bertz CT molecular complexity index is 669. The van der Waals surface area contributed by atoms with Crippen LogP contribution >= 0.6 is 27.3 Å². The molecule has 1 heterocycles. The number of carbonyl (C=O) groups excluding carboxylic acids is 1. The number of anilines is 1. The molecular weight excluding hydrogens is 366 g/mol. The van der Waals surface area contributed by atoms with Crippen molar-refractivity contribution in [2.45, 2.75) is 25.7 Å². The average molecular weight is 382 g/mol. The second kappa shape index (κ2) is 8.10. The summed E-state index contributed by atoms with van der Waals surface area (Å²) in [5, 5.41) is 11.7. The topological polar surface area (TPSA) is 66.4 Å². The third-order valence-corrected chi connectivity index (χ3v) is 4.77. The van der Waals surface area contributed by atoms with E-state index in [0.29, 0.717) is 17.7 Å². The van der Waals surface area contributed by atoms with Gasteiger partial charge in [-0.1, -0.05) is 18.2 Å². The summed E-state index contributed by atoms with van der Waals surface area (Å²) >= 11 is 5.09. The van der Waals surface area contributed by atoms with Crippen molar-refractivity contribution in [3.05, 3.63) is 50.6 Å². The maximum atomic E-state index is 12.0. The lowest BCUT2D eigenvalue weighted by Crippen LogP contribution is -2.14. The molecule has 0 saturated heterocycles. The Morgan fingerprint density at radius 2 is 1.95 bits per heavy atom. The molecule has 2 N–H and O–H groups in total. The molecule has 2 rings (SSSR count). The van der Waals surface area contributed by atoms with Crippen LogP contribution in [0.3, 0.4) is 0 Å². The maximum absolute atomic E-state index is 12.0. The molecular formula is C16H16BrNO3S. The van der Waals surface area contributed by atoms with Crippen molar-refractivity contribution < 1.29 is 14.7 Å². The number of carboxylic acid groups (broad SMARTS) is 1. The molecule has 1 amide bonds. The van der Waals surface area contributed by atoms with Crippen LogP contribution in [-0.2, 0) is 22.4 Å². The highest BCUT2D eigenvalue weighted by Gasteiger charge is 2.09. The van der Waals surface area contributed by atoms with Crippen LogP contribution in [0.1, 0.15) is 23.3 Å². The molecule has 0 fully saturated rings. The summed E-state index contributed by atoms with van der Waals surface area (Å²) in [6.45, 7) is 0. The molecule has 0 saturated carbocycles. The number of nitrogens with one attached hydrogen (secondary N) is 1. The highest BCUT2D eigenvalue weighted by atomic mass is 79.9. The van der Waals surface area contributed by atoms with Gasteiger partial charge in [-0.05, 0) is 52.5 Å². The molecule has 0 spiro atoms. The number of halogens is 1. The highest BCUT2D eigenvalue weighted by Crippen LogP contribution is 2.23. The highest BCUT2D eigenvalue weighted by molar-refractivity contribution is 9.11. The molecule has 0 aliphatic carbocycles. The minimum absolute atomic E-state index is 0.0894. The van der Waals surface area contributed by atoms with Crippen molar-refractivity contribution in [1.29, 1.82) is 0 Å². The molecule has 22 heavy (non-hydrogen) atoms. The van der Waals surface area contributed by atoms with Gasteiger partial charge in [0.25, 0.3) is 0 Å². The van der Waals surface area contributed by atoms with Crippen LogP contribution in [0.2, 0.25) is 0 Å². The minimum Gasteiger partial charge on any atom is -0.481 e. The molecule has 116 valence electrons. The molecule has 0 radical (unpaired) electrons. The van der Waals surface area contributed by atoms with Crippen molar-refractivity contribution in [1.82, 2.24) is 0 Å². The van der Waals surface area contributed by atoms with Gasteiger partial charge in [0.2, 0.25) is 5.91 Å². The predicted octanol–water partition coefficient (Wildman–Crippen LogP) is 4.10. The lowest BCUT2D eigenvalue weighted by Gasteiger charge is -2.09. The van der Waals surface area contributed by atoms with E-state index in [1.165, 1.54) is 4.88 Å². The number of hydrogen-bond donors (Lipinski definition) is 2. The van der Waals surface area contributed by atoms with Gasteiger partial charge in [-0.2, -0.15) is 0 Å². The van der Waals surface area contributed by atoms with Crippen LogP contribution in [0.15, 0.2) is 40.2 Å². The fourth-order valence-corrected chi connectivity index (χ4v) is 3.61. The number of rotatable bonds is 7. The molecule has 0 aliphatic heterocycles. The van der Waals surface area contributed by atoms with Gasteiger partial charge in [0, 0.05) is 17.0 Å². The van der Waals surface area contributed by atoms with Gasteiger partial charge in [-0.3, -0.25) is 9.59 Å². The minimum atomic E-state index is -0.912. The summed E-state index contributed by atoms with van der Waals surface area (Å²) in [5.74, 6) is -1.00. The number of carboxylic acids is 1. The molecule has 6 heteroatoms. The quantitative estimate of drug-likeness (QED) is 0.758. The molecule has 0 aliphatic rings. The van der Waals surface area contributed by atoms with Crippen LogP contribution in [0, 0.1) is 0 Å². The number of para-hydroxylation sites is 1. The Balaban J connectivity index is 1.85. The fourth-order valence-electron chi connectivity index (χ4n) is 2.08. The van der Waals surface area contributed by atoms with Crippen LogP contribution < -0.4 is 5.32 Å². The molecule has 1 aromatic heterocycles. The number of thiophene rings is 1. The van der Waals surface area contributed by atoms with E-state index >= 15 is 0 Å².